The van der Waals surface area contributed by atoms with Crippen molar-refractivity contribution in [3.05, 3.63) is 70.9 Å². The van der Waals surface area contributed by atoms with Crippen molar-refractivity contribution in [2.24, 2.45) is 0 Å². The van der Waals surface area contributed by atoms with Gasteiger partial charge >= 0.3 is 6.09 Å². The van der Waals surface area contributed by atoms with Gasteiger partial charge in [-0.1, -0.05) is 48.5 Å². The number of rotatable bonds is 2. The molecule has 0 aliphatic rings. The number of para-hydroxylation sites is 1. The predicted molar refractivity (Wildman–Crippen MR) is 98.8 cm³/mol. The van der Waals surface area contributed by atoms with Gasteiger partial charge in [0.05, 0.1) is 11.2 Å². The number of hydrogen-bond donors (Lipinski definition) is 1. The number of carboxylic acid groups (broad SMARTS) is 1. The molecule has 2 aromatic heterocycles. The van der Waals surface area contributed by atoms with Gasteiger partial charge in [0.1, 0.15) is 10.9 Å². The highest BCUT2D eigenvalue weighted by Crippen LogP contribution is 2.43. The third-order valence-corrected chi connectivity index (χ3v) is 4.97. The minimum absolute atomic E-state index is 0.575. The summed E-state index contributed by atoms with van der Waals surface area (Å²) in [6.07, 6.45) is -1.05. The smallest absolute Gasteiger partial charge is 0.416 e. The van der Waals surface area contributed by atoms with Crippen LogP contribution in [0.3, 0.4) is 0 Å². The van der Waals surface area contributed by atoms with E-state index in [1.54, 1.807) is 6.07 Å². The van der Waals surface area contributed by atoms with Gasteiger partial charge in [-0.15, -0.1) is 11.3 Å². The van der Waals surface area contributed by atoms with Gasteiger partial charge in [-0.05, 0) is 23.1 Å². The standard InChI is InChI=1S/C20H12N2O2S/c21-12-17-15(10-11-25-17)18-14-8-4-5-9-16(14)22(20(23)24)19(18)13-6-2-1-3-7-13/h1-11H,(H,23,24). The Kier molecular flexibility index (Phi) is 3.60. The van der Waals surface area contributed by atoms with Gasteiger partial charge in [-0.3, -0.25) is 0 Å². The van der Waals surface area contributed by atoms with Crippen LogP contribution in [0.15, 0.2) is 66.0 Å². The number of nitriles is 1. The molecule has 5 heteroatoms. The second-order valence-electron chi connectivity index (χ2n) is 5.50. The van der Waals surface area contributed by atoms with Crippen LogP contribution in [0.25, 0.3) is 33.3 Å². The molecule has 4 aromatic rings. The van der Waals surface area contributed by atoms with Crippen LogP contribution in [-0.2, 0) is 0 Å². The molecule has 25 heavy (non-hydrogen) atoms. The maximum absolute atomic E-state index is 12.0. The Morgan fingerprint density at radius 3 is 2.48 bits per heavy atom. The van der Waals surface area contributed by atoms with Gasteiger partial charge in [0.15, 0.2) is 0 Å². The number of benzene rings is 2. The molecule has 0 fully saturated rings. The van der Waals surface area contributed by atoms with Gasteiger partial charge in [0.2, 0.25) is 0 Å². The Morgan fingerprint density at radius 1 is 1.04 bits per heavy atom. The number of aromatic nitrogens is 1. The van der Waals surface area contributed by atoms with E-state index in [1.807, 2.05) is 60.0 Å². The molecule has 0 bridgehead atoms. The fourth-order valence-corrected chi connectivity index (χ4v) is 3.86. The van der Waals surface area contributed by atoms with Crippen molar-refractivity contribution in [1.29, 1.82) is 5.26 Å². The van der Waals surface area contributed by atoms with Crippen LogP contribution >= 0.6 is 11.3 Å². The van der Waals surface area contributed by atoms with Crippen LogP contribution in [0, 0.1) is 11.3 Å². The van der Waals surface area contributed by atoms with Crippen molar-refractivity contribution in [1.82, 2.24) is 4.57 Å². The van der Waals surface area contributed by atoms with Crippen molar-refractivity contribution in [2.75, 3.05) is 0 Å². The first kappa shape index (κ1) is 15.2. The van der Waals surface area contributed by atoms with E-state index in [0.717, 1.165) is 22.1 Å². The lowest BCUT2D eigenvalue weighted by Gasteiger charge is -2.08. The zero-order chi connectivity index (χ0) is 17.4. The lowest BCUT2D eigenvalue weighted by atomic mass is 9.99. The number of nitrogens with zero attached hydrogens (tertiary/aromatic N) is 2. The van der Waals surface area contributed by atoms with Gasteiger partial charge < -0.3 is 5.11 Å². The molecule has 2 heterocycles. The third kappa shape index (κ3) is 2.32. The van der Waals surface area contributed by atoms with E-state index in [2.05, 4.69) is 6.07 Å². The summed E-state index contributed by atoms with van der Waals surface area (Å²) in [6, 6.07) is 20.9. The summed E-state index contributed by atoms with van der Waals surface area (Å²) in [5, 5.41) is 22.0. The Bertz CT molecular complexity index is 1130. The van der Waals surface area contributed by atoms with Gasteiger partial charge in [-0.2, -0.15) is 5.26 Å². The molecular formula is C20H12N2O2S. The molecule has 0 aliphatic carbocycles. The molecule has 0 amide bonds. The molecule has 0 unspecified atom stereocenters. The van der Waals surface area contributed by atoms with E-state index in [0.29, 0.717) is 16.1 Å². The van der Waals surface area contributed by atoms with E-state index < -0.39 is 6.09 Å². The molecule has 0 aliphatic heterocycles. The van der Waals surface area contributed by atoms with Gasteiger partial charge in [-0.25, -0.2) is 9.36 Å². The summed E-state index contributed by atoms with van der Waals surface area (Å²) < 4.78 is 1.30. The Balaban J connectivity index is 2.22. The lowest BCUT2D eigenvalue weighted by Crippen LogP contribution is -2.09. The van der Waals surface area contributed by atoms with Gasteiger partial charge in [0.25, 0.3) is 0 Å². The van der Waals surface area contributed by atoms with Gasteiger partial charge in [0, 0.05) is 16.5 Å². The minimum atomic E-state index is -1.05. The zero-order valence-electron chi connectivity index (χ0n) is 13.0. The summed E-state index contributed by atoms with van der Waals surface area (Å²) in [5.74, 6) is 0. The topological polar surface area (TPSA) is 66.0 Å². The Labute approximate surface area is 147 Å². The molecule has 120 valence electrons. The second kappa shape index (κ2) is 5.93. The van der Waals surface area contributed by atoms with E-state index >= 15 is 0 Å². The van der Waals surface area contributed by atoms with Crippen molar-refractivity contribution in [2.45, 2.75) is 0 Å². The molecule has 0 spiro atoms. The maximum Gasteiger partial charge on any atom is 0.416 e. The van der Waals surface area contributed by atoms with E-state index in [4.69, 9.17) is 0 Å². The molecule has 2 aromatic carbocycles. The first-order valence-electron chi connectivity index (χ1n) is 7.62. The van der Waals surface area contributed by atoms with Crippen LogP contribution in [0.4, 0.5) is 4.79 Å². The Hall–Kier alpha value is -3.36. The number of hydrogen-bond acceptors (Lipinski definition) is 3. The molecule has 4 nitrogen and oxygen atoms in total. The summed E-state index contributed by atoms with van der Waals surface area (Å²) in [6.45, 7) is 0. The zero-order valence-corrected chi connectivity index (χ0v) is 13.8. The fraction of sp³-hybridized carbons (Fsp3) is 0. The van der Waals surface area contributed by atoms with Crippen molar-refractivity contribution < 1.29 is 9.90 Å². The highest BCUT2D eigenvalue weighted by atomic mass is 32.1. The van der Waals surface area contributed by atoms with Crippen LogP contribution < -0.4 is 0 Å². The van der Waals surface area contributed by atoms with E-state index in [9.17, 15) is 15.2 Å². The summed E-state index contributed by atoms with van der Waals surface area (Å²) in [5.41, 5.74) is 3.54. The first-order chi connectivity index (χ1) is 12.2. The van der Waals surface area contributed by atoms with Crippen LogP contribution in [0.5, 0.6) is 0 Å². The fourth-order valence-electron chi connectivity index (χ4n) is 3.17. The van der Waals surface area contributed by atoms with Crippen LogP contribution in [0.2, 0.25) is 0 Å². The summed E-state index contributed by atoms with van der Waals surface area (Å²) in [4.78, 5) is 12.6. The van der Waals surface area contributed by atoms with Crippen molar-refractivity contribution in [3.63, 3.8) is 0 Å². The first-order valence-corrected chi connectivity index (χ1v) is 8.50. The van der Waals surface area contributed by atoms with Crippen LogP contribution in [0.1, 0.15) is 4.88 Å². The third-order valence-electron chi connectivity index (χ3n) is 4.15. The molecule has 4 rings (SSSR count). The average Bonchev–Trinajstić information content (AvgIpc) is 3.23. The summed E-state index contributed by atoms with van der Waals surface area (Å²) in [7, 11) is 0. The maximum atomic E-state index is 12.0. The van der Waals surface area contributed by atoms with Crippen LogP contribution in [-0.4, -0.2) is 15.8 Å². The van der Waals surface area contributed by atoms with E-state index in [-0.39, 0.29) is 0 Å². The molecular weight excluding hydrogens is 332 g/mol. The highest BCUT2D eigenvalue weighted by Gasteiger charge is 2.24. The minimum Gasteiger partial charge on any atom is -0.464 e. The SMILES string of the molecule is N#Cc1sccc1-c1c(-c2ccccc2)n(C(=O)O)c2ccccc12. The molecule has 0 saturated carbocycles. The molecule has 0 radical (unpaired) electrons. The van der Waals surface area contributed by atoms with E-state index in [1.165, 1.54) is 15.9 Å². The number of carbonyl (C=O) groups is 1. The average molecular weight is 344 g/mol. The Morgan fingerprint density at radius 2 is 1.76 bits per heavy atom. The lowest BCUT2D eigenvalue weighted by molar-refractivity contribution is 0.198. The van der Waals surface area contributed by atoms with Crippen molar-refractivity contribution >= 4 is 28.3 Å². The number of fused-ring (bicyclic) bond motifs is 1. The molecule has 0 atom stereocenters. The predicted octanol–water partition coefficient (Wildman–Crippen LogP) is 5.43. The highest BCUT2D eigenvalue weighted by molar-refractivity contribution is 7.11. The quantitative estimate of drug-likeness (QED) is 0.527. The summed E-state index contributed by atoms with van der Waals surface area (Å²) >= 11 is 1.36. The monoisotopic (exact) mass is 344 g/mol. The number of thiophene rings is 1. The largest absolute Gasteiger partial charge is 0.464 e. The van der Waals surface area contributed by atoms with Crippen molar-refractivity contribution in [3.8, 4) is 28.5 Å². The molecule has 0 saturated heterocycles. The normalized spacial score (nSPS) is 10.7. The second-order valence-corrected chi connectivity index (χ2v) is 6.42. The molecule has 1 N–H and O–H groups in total.